The Morgan fingerprint density at radius 2 is 2.11 bits per heavy atom. The summed E-state index contributed by atoms with van der Waals surface area (Å²) < 4.78 is 1.20. The van der Waals surface area contributed by atoms with Crippen molar-refractivity contribution >= 4 is 27.7 Å². The molecule has 1 fully saturated rings. The van der Waals surface area contributed by atoms with Crippen molar-refractivity contribution in [3.63, 3.8) is 0 Å². The quantitative estimate of drug-likeness (QED) is 0.680. The van der Waals surface area contributed by atoms with Crippen LogP contribution >= 0.6 is 27.7 Å². The summed E-state index contributed by atoms with van der Waals surface area (Å²) in [5, 5.41) is 3.69. The molecule has 1 aromatic rings. The molecule has 0 radical (unpaired) electrons. The van der Waals surface area contributed by atoms with Crippen LogP contribution in [0.15, 0.2) is 28.7 Å². The van der Waals surface area contributed by atoms with E-state index in [1.807, 2.05) is 11.8 Å². The van der Waals surface area contributed by atoms with E-state index in [2.05, 4.69) is 51.8 Å². The van der Waals surface area contributed by atoms with E-state index in [1.165, 1.54) is 54.4 Å². The van der Waals surface area contributed by atoms with Gasteiger partial charge in [-0.05, 0) is 67.9 Å². The Bertz CT molecular complexity index is 377. The van der Waals surface area contributed by atoms with Gasteiger partial charge in [-0.15, -0.1) is 0 Å². The average Bonchev–Trinajstić information content (AvgIpc) is 2.35. The molecule has 1 N–H and O–H groups in total. The van der Waals surface area contributed by atoms with Crippen LogP contribution in [0.1, 0.15) is 43.6 Å². The van der Waals surface area contributed by atoms with Gasteiger partial charge in [0.05, 0.1) is 0 Å². The first-order chi connectivity index (χ1) is 9.29. The van der Waals surface area contributed by atoms with E-state index in [-0.39, 0.29) is 0 Å². The second-order valence-corrected chi connectivity index (χ2v) is 7.33. The van der Waals surface area contributed by atoms with E-state index < -0.39 is 0 Å². The maximum atomic E-state index is 3.69. The summed E-state index contributed by atoms with van der Waals surface area (Å²) in [7, 11) is 0. The van der Waals surface area contributed by atoms with Gasteiger partial charge in [0.25, 0.3) is 0 Å². The predicted molar refractivity (Wildman–Crippen MR) is 90.1 cm³/mol. The minimum absolute atomic E-state index is 0.754. The Morgan fingerprint density at radius 1 is 1.26 bits per heavy atom. The average molecular weight is 342 g/mol. The minimum Gasteiger partial charge on any atom is -0.314 e. The molecule has 0 atom stereocenters. The van der Waals surface area contributed by atoms with Gasteiger partial charge in [-0.2, -0.15) is 11.8 Å². The second-order valence-electron chi connectivity index (χ2n) is 5.43. The third-order valence-electron chi connectivity index (χ3n) is 3.92. The highest BCUT2D eigenvalue weighted by Crippen LogP contribution is 2.37. The fourth-order valence-electron chi connectivity index (χ4n) is 2.67. The van der Waals surface area contributed by atoms with E-state index in [1.54, 1.807) is 0 Å². The highest BCUT2D eigenvalue weighted by atomic mass is 79.9. The van der Waals surface area contributed by atoms with Gasteiger partial charge in [-0.1, -0.05) is 34.5 Å². The van der Waals surface area contributed by atoms with Crippen LogP contribution in [0.25, 0.3) is 0 Å². The molecule has 1 nitrogen and oxygen atoms in total. The van der Waals surface area contributed by atoms with Crippen molar-refractivity contribution in [1.82, 2.24) is 5.32 Å². The number of halogens is 1. The topological polar surface area (TPSA) is 12.0 Å². The molecule has 0 aromatic heterocycles. The van der Waals surface area contributed by atoms with Gasteiger partial charge in [-0.3, -0.25) is 0 Å². The van der Waals surface area contributed by atoms with Crippen LogP contribution in [-0.2, 0) is 0 Å². The van der Waals surface area contributed by atoms with Crippen LogP contribution in [0.4, 0.5) is 0 Å². The smallest absolute Gasteiger partial charge is 0.0178 e. The fraction of sp³-hybridized carbons (Fsp3) is 0.625. The van der Waals surface area contributed by atoms with Crippen molar-refractivity contribution in [1.29, 1.82) is 0 Å². The summed E-state index contributed by atoms with van der Waals surface area (Å²) in [6.07, 6.45) is 8.87. The molecule has 0 saturated heterocycles. The molecule has 19 heavy (non-hydrogen) atoms. The van der Waals surface area contributed by atoms with Crippen molar-refractivity contribution < 1.29 is 0 Å². The van der Waals surface area contributed by atoms with Crippen molar-refractivity contribution in [2.24, 2.45) is 0 Å². The molecule has 106 valence electrons. The normalized spacial score (nSPS) is 22.2. The van der Waals surface area contributed by atoms with Crippen molar-refractivity contribution in [2.75, 3.05) is 18.6 Å². The molecule has 2 rings (SSSR count). The van der Waals surface area contributed by atoms with E-state index in [0.29, 0.717) is 0 Å². The van der Waals surface area contributed by atoms with Gasteiger partial charge < -0.3 is 5.32 Å². The first-order valence-electron chi connectivity index (χ1n) is 7.27. The maximum absolute atomic E-state index is 3.69. The van der Waals surface area contributed by atoms with Gasteiger partial charge in [0, 0.05) is 10.5 Å². The van der Waals surface area contributed by atoms with Crippen LogP contribution in [0.5, 0.6) is 0 Å². The lowest BCUT2D eigenvalue weighted by Gasteiger charge is -2.36. The molecular weight excluding hydrogens is 318 g/mol. The molecule has 0 aliphatic heterocycles. The predicted octanol–water partition coefficient (Wildman–Crippen LogP) is 4.82. The molecule has 0 amide bonds. The van der Waals surface area contributed by atoms with E-state index in [0.717, 1.165) is 12.0 Å². The molecule has 1 saturated carbocycles. The summed E-state index contributed by atoms with van der Waals surface area (Å²) in [4.78, 5) is 0. The van der Waals surface area contributed by atoms with Gasteiger partial charge >= 0.3 is 0 Å². The molecule has 0 spiro atoms. The molecule has 1 aliphatic rings. The number of rotatable bonds is 8. The lowest BCUT2D eigenvalue weighted by Crippen LogP contribution is -2.40. The molecule has 0 bridgehead atoms. The molecule has 3 heteroatoms. The van der Waals surface area contributed by atoms with Crippen LogP contribution in [-0.4, -0.2) is 24.6 Å². The number of unbranched alkanes of at least 4 members (excludes halogenated alkanes) is 2. The van der Waals surface area contributed by atoms with E-state index >= 15 is 0 Å². The highest BCUT2D eigenvalue weighted by Gasteiger charge is 2.29. The Balaban J connectivity index is 1.56. The zero-order valence-electron chi connectivity index (χ0n) is 11.7. The molecule has 1 aromatic carbocycles. The lowest BCUT2D eigenvalue weighted by molar-refractivity contribution is 0.290. The zero-order chi connectivity index (χ0) is 13.5. The zero-order valence-corrected chi connectivity index (χ0v) is 14.1. The Morgan fingerprint density at radius 3 is 2.84 bits per heavy atom. The van der Waals surface area contributed by atoms with Gasteiger partial charge in [0.2, 0.25) is 0 Å². The summed E-state index contributed by atoms with van der Waals surface area (Å²) in [5.41, 5.74) is 1.49. The first kappa shape index (κ1) is 15.4. The van der Waals surface area contributed by atoms with Gasteiger partial charge in [0.1, 0.15) is 0 Å². The SMILES string of the molecule is CSCCCCCNC1CC(c2cccc(Br)c2)C1. The number of nitrogens with one attached hydrogen (secondary N) is 1. The van der Waals surface area contributed by atoms with Crippen molar-refractivity contribution in [3.8, 4) is 0 Å². The standard InChI is InChI=1S/C16H24BrNS/c1-19-9-4-2-3-8-18-16-11-14(12-16)13-6-5-7-15(17)10-13/h5-7,10,14,16,18H,2-4,8-9,11-12H2,1H3. The number of benzene rings is 1. The fourth-order valence-corrected chi connectivity index (χ4v) is 3.58. The molecule has 0 heterocycles. The summed E-state index contributed by atoms with van der Waals surface area (Å²) >= 11 is 5.51. The highest BCUT2D eigenvalue weighted by molar-refractivity contribution is 9.10. The number of thioether (sulfide) groups is 1. The summed E-state index contributed by atoms with van der Waals surface area (Å²) in [5.74, 6) is 2.08. The summed E-state index contributed by atoms with van der Waals surface area (Å²) in [6.45, 7) is 1.20. The van der Waals surface area contributed by atoms with Crippen LogP contribution in [0.3, 0.4) is 0 Å². The van der Waals surface area contributed by atoms with Gasteiger partial charge in [0.15, 0.2) is 0 Å². The van der Waals surface area contributed by atoms with Crippen molar-refractivity contribution in [3.05, 3.63) is 34.3 Å². The Hall–Kier alpha value is 0.01000. The van der Waals surface area contributed by atoms with Crippen molar-refractivity contribution in [2.45, 2.75) is 44.1 Å². The molecule has 1 aliphatic carbocycles. The second kappa shape index (κ2) is 8.33. The van der Waals surface area contributed by atoms with Gasteiger partial charge in [-0.25, -0.2) is 0 Å². The summed E-state index contributed by atoms with van der Waals surface area (Å²) in [6, 6.07) is 9.53. The third kappa shape index (κ3) is 5.13. The number of hydrogen-bond acceptors (Lipinski definition) is 2. The first-order valence-corrected chi connectivity index (χ1v) is 9.46. The molecule has 0 unspecified atom stereocenters. The monoisotopic (exact) mass is 341 g/mol. The third-order valence-corrected chi connectivity index (χ3v) is 5.11. The Kier molecular flexibility index (Phi) is 6.75. The van der Waals surface area contributed by atoms with E-state index in [9.17, 15) is 0 Å². The largest absolute Gasteiger partial charge is 0.314 e. The minimum atomic E-state index is 0.754. The maximum Gasteiger partial charge on any atom is 0.0178 e. The lowest BCUT2D eigenvalue weighted by atomic mass is 9.76. The Labute approximate surface area is 130 Å². The van der Waals surface area contributed by atoms with Crippen LogP contribution < -0.4 is 5.32 Å². The van der Waals surface area contributed by atoms with E-state index in [4.69, 9.17) is 0 Å². The molecular formula is C16H24BrNS. The van der Waals surface area contributed by atoms with Crippen LogP contribution in [0, 0.1) is 0 Å². The van der Waals surface area contributed by atoms with Crippen LogP contribution in [0.2, 0.25) is 0 Å². The number of hydrogen-bond donors (Lipinski definition) is 1.